The molecule has 0 aromatic rings. The molecule has 15 heavy (non-hydrogen) atoms. The van der Waals surface area contributed by atoms with Crippen LogP contribution >= 0.6 is 0 Å². The van der Waals surface area contributed by atoms with Crippen molar-refractivity contribution in [2.24, 2.45) is 5.92 Å². The van der Waals surface area contributed by atoms with Gasteiger partial charge in [-0.1, -0.05) is 13.3 Å². The lowest BCUT2D eigenvalue weighted by Gasteiger charge is -2.26. The fourth-order valence-corrected chi connectivity index (χ4v) is 1.84. The fourth-order valence-electron chi connectivity index (χ4n) is 1.84. The van der Waals surface area contributed by atoms with Crippen LogP contribution < -0.4 is 5.32 Å². The van der Waals surface area contributed by atoms with Gasteiger partial charge >= 0.3 is 0 Å². The molecule has 0 unspecified atom stereocenters. The van der Waals surface area contributed by atoms with Crippen molar-refractivity contribution in [3.8, 4) is 0 Å². The Morgan fingerprint density at radius 3 is 2.53 bits per heavy atom. The molecule has 90 valence electrons. The summed E-state index contributed by atoms with van der Waals surface area (Å²) >= 11 is 0. The quantitative estimate of drug-likeness (QED) is 0.591. The Hall–Kier alpha value is -0.0800. The summed E-state index contributed by atoms with van der Waals surface area (Å²) < 4.78 is 0. The first-order chi connectivity index (χ1) is 7.24. The summed E-state index contributed by atoms with van der Waals surface area (Å²) in [7, 11) is 0. The van der Waals surface area contributed by atoms with Gasteiger partial charge in [-0.15, -0.1) is 0 Å². The zero-order valence-electron chi connectivity index (χ0n) is 10.8. The first-order valence-electron chi connectivity index (χ1n) is 6.68. The summed E-state index contributed by atoms with van der Waals surface area (Å²) in [6.07, 6.45) is 5.53. The second-order valence-electron chi connectivity index (χ2n) is 5.14. The largest absolute Gasteiger partial charge is 0.315 e. The van der Waals surface area contributed by atoms with Gasteiger partial charge in [0.2, 0.25) is 0 Å². The molecule has 0 atom stereocenters. The number of nitrogens with one attached hydrogen (secondary N) is 1. The highest BCUT2D eigenvalue weighted by Gasteiger charge is 2.24. The molecule has 2 heteroatoms. The summed E-state index contributed by atoms with van der Waals surface area (Å²) in [4.78, 5) is 2.62. The van der Waals surface area contributed by atoms with Crippen LogP contribution in [0.4, 0.5) is 0 Å². The monoisotopic (exact) mass is 212 g/mol. The third-order valence-corrected chi connectivity index (χ3v) is 3.20. The number of hydrogen-bond donors (Lipinski definition) is 1. The molecule has 1 rings (SSSR count). The maximum absolute atomic E-state index is 3.52. The summed E-state index contributed by atoms with van der Waals surface area (Å²) in [5.41, 5.74) is 0. The Balaban J connectivity index is 2.02. The lowest BCUT2D eigenvalue weighted by Crippen LogP contribution is -2.38. The van der Waals surface area contributed by atoms with Gasteiger partial charge in [0.15, 0.2) is 0 Å². The molecule has 0 aliphatic heterocycles. The van der Waals surface area contributed by atoms with Crippen LogP contribution in [0.5, 0.6) is 0 Å². The predicted molar refractivity (Wildman–Crippen MR) is 67.2 cm³/mol. The molecule has 0 spiro atoms. The van der Waals surface area contributed by atoms with Crippen LogP contribution in [0.1, 0.15) is 46.5 Å². The van der Waals surface area contributed by atoms with Crippen molar-refractivity contribution in [3.05, 3.63) is 0 Å². The van der Waals surface area contributed by atoms with E-state index in [9.17, 15) is 0 Å². The second-order valence-corrected chi connectivity index (χ2v) is 5.14. The Morgan fingerprint density at radius 1 is 1.27 bits per heavy atom. The fraction of sp³-hybridized carbons (Fsp3) is 1.00. The van der Waals surface area contributed by atoms with E-state index in [1.54, 1.807) is 0 Å². The normalized spacial score (nSPS) is 16.6. The zero-order chi connectivity index (χ0) is 11.1. The van der Waals surface area contributed by atoms with E-state index in [4.69, 9.17) is 0 Å². The molecule has 0 bridgehead atoms. The molecular weight excluding hydrogens is 184 g/mol. The number of nitrogens with zero attached hydrogens (tertiary/aromatic N) is 1. The van der Waals surface area contributed by atoms with Crippen molar-refractivity contribution in [2.75, 3.05) is 26.2 Å². The van der Waals surface area contributed by atoms with Crippen LogP contribution in [0.15, 0.2) is 0 Å². The highest BCUT2D eigenvalue weighted by Crippen LogP contribution is 2.30. The number of hydrogen-bond acceptors (Lipinski definition) is 2. The SMILES string of the molecule is CCCCNCCN(CC1CC1)C(C)C. The Labute approximate surface area is 95.4 Å². The van der Waals surface area contributed by atoms with Gasteiger partial charge in [-0.05, 0) is 45.6 Å². The van der Waals surface area contributed by atoms with Crippen molar-refractivity contribution in [3.63, 3.8) is 0 Å². The molecule has 1 fully saturated rings. The molecule has 1 aliphatic carbocycles. The molecule has 1 N–H and O–H groups in total. The average Bonchev–Trinajstić information content (AvgIpc) is 2.99. The van der Waals surface area contributed by atoms with E-state index >= 15 is 0 Å². The maximum Gasteiger partial charge on any atom is 0.0110 e. The Kier molecular flexibility index (Phi) is 6.26. The molecule has 0 saturated heterocycles. The van der Waals surface area contributed by atoms with Gasteiger partial charge in [0, 0.05) is 25.7 Å². The van der Waals surface area contributed by atoms with Gasteiger partial charge in [0.05, 0.1) is 0 Å². The Bertz CT molecular complexity index is 153. The minimum absolute atomic E-state index is 0.707. The van der Waals surface area contributed by atoms with Gasteiger partial charge < -0.3 is 5.32 Å². The van der Waals surface area contributed by atoms with E-state index in [1.165, 1.54) is 45.3 Å². The van der Waals surface area contributed by atoms with Crippen LogP contribution in [0, 0.1) is 5.92 Å². The van der Waals surface area contributed by atoms with Gasteiger partial charge in [0.1, 0.15) is 0 Å². The van der Waals surface area contributed by atoms with Crippen molar-refractivity contribution in [1.82, 2.24) is 10.2 Å². The minimum Gasteiger partial charge on any atom is -0.315 e. The lowest BCUT2D eigenvalue weighted by atomic mass is 10.2. The molecule has 0 amide bonds. The average molecular weight is 212 g/mol. The Morgan fingerprint density at radius 2 is 2.00 bits per heavy atom. The van der Waals surface area contributed by atoms with Crippen molar-refractivity contribution in [2.45, 2.75) is 52.5 Å². The third-order valence-electron chi connectivity index (χ3n) is 3.20. The van der Waals surface area contributed by atoms with Gasteiger partial charge in [-0.2, -0.15) is 0 Å². The molecule has 1 saturated carbocycles. The first-order valence-corrected chi connectivity index (χ1v) is 6.68. The standard InChI is InChI=1S/C13H28N2/c1-4-5-8-14-9-10-15(12(2)3)11-13-6-7-13/h12-14H,4-11H2,1-3H3. The maximum atomic E-state index is 3.52. The predicted octanol–water partition coefficient (Wildman–Crippen LogP) is 2.50. The van der Waals surface area contributed by atoms with Crippen LogP contribution in [0.25, 0.3) is 0 Å². The molecule has 0 aromatic heterocycles. The van der Waals surface area contributed by atoms with Crippen LogP contribution in [-0.2, 0) is 0 Å². The van der Waals surface area contributed by atoms with E-state index in [2.05, 4.69) is 31.0 Å². The van der Waals surface area contributed by atoms with Crippen LogP contribution in [0.3, 0.4) is 0 Å². The van der Waals surface area contributed by atoms with E-state index in [0.717, 1.165) is 12.5 Å². The summed E-state index contributed by atoms with van der Waals surface area (Å²) in [5, 5.41) is 3.52. The van der Waals surface area contributed by atoms with Crippen LogP contribution in [-0.4, -0.2) is 37.1 Å². The van der Waals surface area contributed by atoms with Gasteiger partial charge in [-0.25, -0.2) is 0 Å². The van der Waals surface area contributed by atoms with E-state index in [-0.39, 0.29) is 0 Å². The van der Waals surface area contributed by atoms with E-state index in [1.807, 2.05) is 0 Å². The zero-order valence-corrected chi connectivity index (χ0v) is 10.8. The van der Waals surface area contributed by atoms with E-state index < -0.39 is 0 Å². The third kappa shape index (κ3) is 6.16. The topological polar surface area (TPSA) is 15.3 Å². The smallest absolute Gasteiger partial charge is 0.0110 e. The molecule has 0 aromatic carbocycles. The van der Waals surface area contributed by atoms with Gasteiger partial charge in [0.25, 0.3) is 0 Å². The molecule has 0 heterocycles. The number of rotatable bonds is 9. The summed E-state index contributed by atoms with van der Waals surface area (Å²) in [6, 6.07) is 0.707. The van der Waals surface area contributed by atoms with Crippen molar-refractivity contribution in [1.29, 1.82) is 0 Å². The summed E-state index contributed by atoms with van der Waals surface area (Å²) in [6.45, 7) is 11.8. The first kappa shape index (κ1) is 13.0. The minimum atomic E-state index is 0.707. The number of unbranched alkanes of at least 4 members (excludes halogenated alkanes) is 1. The molecular formula is C13H28N2. The highest BCUT2D eigenvalue weighted by molar-refractivity contribution is 4.78. The summed E-state index contributed by atoms with van der Waals surface area (Å²) in [5.74, 6) is 1.02. The second kappa shape index (κ2) is 7.24. The highest BCUT2D eigenvalue weighted by atomic mass is 15.2. The van der Waals surface area contributed by atoms with Crippen molar-refractivity contribution >= 4 is 0 Å². The van der Waals surface area contributed by atoms with Crippen molar-refractivity contribution < 1.29 is 0 Å². The molecule has 1 aliphatic rings. The molecule has 2 nitrogen and oxygen atoms in total. The van der Waals surface area contributed by atoms with E-state index in [0.29, 0.717) is 6.04 Å². The van der Waals surface area contributed by atoms with Crippen LogP contribution in [0.2, 0.25) is 0 Å². The lowest BCUT2D eigenvalue weighted by molar-refractivity contribution is 0.213. The molecule has 0 radical (unpaired) electrons. The van der Waals surface area contributed by atoms with Gasteiger partial charge in [-0.3, -0.25) is 4.90 Å².